The van der Waals surface area contributed by atoms with Crippen LogP contribution in [0.25, 0.3) is 0 Å². The number of quaternary nitrogens is 1. The lowest BCUT2D eigenvalue weighted by Gasteiger charge is -2.37. The van der Waals surface area contributed by atoms with Gasteiger partial charge in [-0.1, -0.05) is 31.7 Å². The van der Waals surface area contributed by atoms with Gasteiger partial charge in [0.1, 0.15) is 0 Å². The monoisotopic (exact) mass is 258 g/mol. The molecule has 17 heavy (non-hydrogen) atoms. The number of hydrogen-bond acceptors (Lipinski definition) is 2. The number of allylic oxidation sites excluding steroid dienone is 1. The minimum absolute atomic E-state index is 0.190. The van der Waals surface area contributed by atoms with Gasteiger partial charge in [0.05, 0.1) is 31.9 Å². The van der Waals surface area contributed by atoms with Crippen LogP contribution in [-0.4, -0.2) is 41.5 Å². The van der Waals surface area contributed by atoms with Crippen LogP contribution in [-0.2, 0) is 4.79 Å². The van der Waals surface area contributed by atoms with E-state index in [9.17, 15) is 4.79 Å². The Bertz CT molecular complexity index is 232. The van der Waals surface area contributed by atoms with Crippen molar-refractivity contribution in [3.63, 3.8) is 0 Å². The lowest BCUT2D eigenvalue weighted by molar-refractivity contribution is -0.924. The number of thioether (sulfide) groups is 1. The molecule has 0 aromatic heterocycles. The Morgan fingerprint density at radius 2 is 1.71 bits per heavy atom. The zero-order chi connectivity index (χ0) is 13.1. The first-order valence-corrected chi connectivity index (χ1v) is 7.77. The van der Waals surface area contributed by atoms with Crippen molar-refractivity contribution < 1.29 is 9.28 Å². The highest BCUT2D eigenvalue weighted by Gasteiger charge is 2.22. The summed E-state index contributed by atoms with van der Waals surface area (Å²) in [5.41, 5.74) is 0. The Kier molecular flexibility index (Phi) is 9.56. The molecule has 0 radical (unpaired) electrons. The van der Waals surface area contributed by atoms with Crippen molar-refractivity contribution in [2.45, 2.75) is 40.5 Å². The molecule has 0 bridgehead atoms. The predicted molar refractivity (Wildman–Crippen MR) is 78.3 cm³/mol. The van der Waals surface area contributed by atoms with Crippen molar-refractivity contribution in [1.82, 2.24) is 0 Å². The lowest BCUT2D eigenvalue weighted by atomic mass is 10.2. The van der Waals surface area contributed by atoms with Gasteiger partial charge in [-0.2, -0.15) is 0 Å². The van der Waals surface area contributed by atoms with E-state index >= 15 is 0 Å². The SMILES string of the molecule is CC=CC(=O)SCC[N+](CC)(CCC)CCC. The van der Waals surface area contributed by atoms with Crippen molar-refractivity contribution in [3.8, 4) is 0 Å². The van der Waals surface area contributed by atoms with Gasteiger partial charge < -0.3 is 4.48 Å². The number of carbonyl (C=O) groups excluding carboxylic acids is 1. The Hall–Kier alpha value is -0.280. The molecule has 3 heteroatoms. The largest absolute Gasteiger partial charge is 0.323 e. The average molecular weight is 258 g/mol. The maximum atomic E-state index is 11.4. The average Bonchev–Trinajstić information content (AvgIpc) is 2.30. The van der Waals surface area contributed by atoms with Gasteiger partial charge in [0.25, 0.3) is 0 Å². The van der Waals surface area contributed by atoms with E-state index in [2.05, 4.69) is 20.8 Å². The van der Waals surface area contributed by atoms with Crippen molar-refractivity contribution in [3.05, 3.63) is 12.2 Å². The fourth-order valence-electron chi connectivity index (χ4n) is 2.28. The minimum atomic E-state index is 0.190. The van der Waals surface area contributed by atoms with Gasteiger partial charge in [0, 0.05) is 0 Å². The summed E-state index contributed by atoms with van der Waals surface area (Å²) in [4.78, 5) is 11.4. The molecule has 0 amide bonds. The Morgan fingerprint density at radius 3 is 2.12 bits per heavy atom. The Balaban J connectivity index is 4.19. The third-order valence-corrected chi connectivity index (χ3v) is 3.99. The molecule has 0 N–H and O–H groups in total. The third-order valence-electron chi connectivity index (χ3n) is 3.18. The summed E-state index contributed by atoms with van der Waals surface area (Å²) in [6.07, 6.45) is 5.92. The van der Waals surface area contributed by atoms with E-state index in [0.29, 0.717) is 0 Å². The smallest absolute Gasteiger partial charge is 0.212 e. The van der Waals surface area contributed by atoms with E-state index in [-0.39, 0.29) is 5.12 Å². The number of nitrogens with zero attached hydrogens (tertiary/aromatic N) is 1. The minimum Gasteiger partial charge on any atom is -0.323 e. The van der Waals surface area contributed by atoms with Crippen LogP contribution < -0.4 is 0 Å². The van der Waals surface area contributed by atoms with E-state index < -0.39 is 0 Å². The fraction of sp³-hybridized carbons (Fsp3) is 0.786. The number of rotatable bonds is 9. The fourth-order valence-corrected chi connectivity index (χ4v) is 3.19. The molecule has 0 atom stereocenters. The topological polar surface area (TPSA) is 17.1 Å². The second kappa shape index (κ2) is 9.72. The molecular formula is C14H28NOS+. The first kappa shape index (κ1) is 16.7. The van der Waals surface area contributed by atoms with Gasteiger partial charge in [-0.15, -0.1) is 0 Å². The first-order valence-electron chi connectivity index (χ1n) is 6.78. The summed E-state index contributed by atoms with van der Waals surface area (Å²) in [5, 5.41) is 0.190. The Labute approximate surface area is 111 Å². The number of carbonyl (C=O) groups is 1. The number of hydrogen-bond donors (Lipinski definition) is 0. The second-order valence-corrected chi connectivity index (χ2v) is 5.60. The lowest BCUT2D eigenvalue weighted by Crippen LogP contribution is -2.50. The van der Waals surface area contributed by atoms with E-state index in [4.69, 9.17) is 0 Å². The van der Waals surface area contributed by atoms with Crippen molar-refractivity contribution in [1.29, 1.82) is 0 Å². The zero-order valence-corrected chi connectivity index (χ0v) is 12.7. The van der Waals surface area contributed by atoms with Crippen LogP contribution in [0, 0.1) is 0 Å². The van der Waals surface area contributed by atoms with E-state index in [1.54, 1.807) is 6.08 Å². The van der Waals surface area contributed by atoms with Crippen molar-refractivity contribution >= 4 is 16.9 Å². The van der Waals surface area contributed by atoms with Gasteiger partial charge in [0.2, 0.25) is 5.12 Å². The van der Waals surface area contributed by atoms with E-state index in [1.807, 2.05) is 13.0 Å². The summed E-state index contributed by atoms with van der Waals surface area (Å²) in [6, 6.07) is 0. The molecule has 0 aliphatic heterocycles. The van der Waals surface area contributed by atoms with Crippen LogP contribution in [0.1, 0.15) is 40.5 Å². The highest BCUT2D eigenvalue weighted by atomic mass is 32.2. The van der Waals surface area contributed by atoms with Crippen LogP contribution in [0.4, 0.5) is 0 Å². The molecule has 100 valence electrons. The van der Waals surface area contributed by atoms with E-state index in [0.717, 1.165) is 12.3 Å². The van der Waals surface area contributed by atoms with Crippen molar-refractivity contribution in [2.75, 3.05) is 31.9 Å². The van der Waals surface area contributed by atoms with Crippen LogP contribution in [0.2, 0.25) is 0 Å². The van der Waals surface area contributed by atoms with Gasteiger partial charge >= 0.3 is 0 Å². The van der Waals surface area contributed by atoms with Gasteiger partial charge in [-0.05, 0) is 32.8 Å². The highest BCUT2D eigenvalue weighted by Crippen LogP contribution is 2.13. The summed E-state index contributed by atoms with van der Waals surface area (Å²) < 4.78 is 1.17. The molecule has 0 spiro atoms. The molecule has 0 fully saturated rings. The molecule has 2 nitrogen and oxygen atoms in total. The summed E-state index contributed by atoms with van der Waals surface area (Å²) in [5.74, 6) is 0.941. The molecule has 0 saturated carbocycles. The maximum absolute atomic E-state index is 11.4. The molecular weight excluding hydrogens is 230 g/mol. The van der Waals surface area contributed by atoms with Crippen LogP contribution in [0.15, 0.2) is 12.2 Å². The standard InChI is InChI=1S/C14H28NOS/c1-5-9-14(16)17-13-12-15(8-4,10-6-2)11-7-3/h5,9H,6-8,10-13H2,1-4H3/q+1. The predicted octanol–water partition coefficient (Wildman–Crippen LogP) is 3.48. The molecule has 0 rings (SSSR count). The third kappa shape index (κ3) is 6.89. The van der Waals surface area contributed by atoms with Gasteiger partial charge in [0.15, 0.2) is 0 Å². The molecule has 0 saturated heterocycles. The first-order chi connectivity index (χ1) is 8.14. The Morgan fingerprint density at radius 1 is 1.12 bits per heavy atom. The molecule has 0 aromatic rings. The molecule has 0 aromatic carbocycles. The summed E-state index contributed by atoms with van der Waals surface area (Å²) in [7, 11) is 0. The molecule has 0 unspecified atom stereocenters. The molecule has 0 aliphatic carbocycles. The second-order valence-electron chi connectivity index (χ2n) is 4.50. The van der Waals surface area contributed by atoms with Crippen LogP contribution in [0.5, 0.6) is 0 Å². The molecule has 0 heterocycles. The highest BCUT2D eigenvalue weighted by molar-refractivity contribution is 8.14. The zero-order valence-electron chi connectivity index (χ0n) is 11.9. The molecule has 0 aliphatic rings. The van der Waals surface area contributed by atoms with Gasteiger partial charge in [-0.3, -0.25) is 4.79 Å². The van der Waals surface area contributed by atoms with E-state index in [1.165, 1.54) is 48.7 Å². The van der Waals surface area contributed by atoms with Crippen molar-refractivity contribution in [2.24, 2.45) is 0 Å². The summed E-state index contributed by atoms with van der Waals surface area (Å²) in [6.45, 7) is 13.4. The quantitative estimate of drug-likeness (QED) is 0.465. The maximum Gasteiger partial charge on any atom is 0.212 e. The normalized spacial score (nSPS) is 12.2. The van der Waals surface area contributed by atoms with Crippen LogP contribution in [0.3, 0.4) is 0 Å². The van der Waals surface area contributed by atoms with Gasteiger partial charge in [-0.25, -0.2) is 0 Å². The summed E-state index contributed by atoms with van der Waals surface area (Å²) >= 11 is 1.45. The van der Waals surface area contributed by atoms with Crippen LogP contribution >= 0.6 is 11.8 Å².